The number of para-hydroxylation sites is 2. The number of aliphatic imine (C=N–C) groups is 1. The largest absolute Gasteiger partial charge is 0.333 e. The number of allylic oxidation sites excluding steroid dienone is 2. The van der Waals surface area contributed by atoms with Crippen LogP contribution in [0.25, 0.3) is 44.2 Å². The fourth-order valence-electron chi connectivity index (χ4n) is 10.2. The van der Waals surface area contributed by atoms with Crippen molar-refractivity contribution in [2.75, 3.05) is 4.90 Å². The highest BCUT2D eigenvalue weighted by Gasteiger charge is 2.41. The second-order valence-corrected chi connectivity index (χ2v) is 15.9. The third kappa shape index (κ3) is 4.80. The molecule has 0 spiro atoms. The summed E-state index contributed by atoms with van der Waals surface area (Å²) < 4.78 is 2.47. The first-order chi connectivity index (χ1) is 27.8. The predicted octanol–water partition coefficient (Wildman–Crippen LogP) is 13.3. The molecule has 1 aromatic heterocycles. The zero-order valence-corrected chi connectivity index (χ0v) is 31.0. The Labute approximate surface area is 327 Å². The third-order valence-electron chi connectivity index (χ3n) is 12.8. The first kappa shape index (κ1) is 31.6. The summed E-state index contributed by atoms with van der Waals surface area (Å²) in [6.07, 6.45) is 9.63. The average Bonchev–Trinajstić information content (AvgIpc) is 3.63. The second kappa shape index (κ2) is 12.4. The van der Waals surface area contributed by atoms with E-state index in [-0.39, 0.29) is 12.0 Å². The van der Waals surface area contributed by atoms with Crippen molar-refractivity contribution in [3.63, 3.8) is 0 Å². The van der Waals surface area contributed by atoms with Crippen molar-refractivity contribution < 1.29 is 0 Å². The van der Waals surface area contributed by atoms with Crippen molar-refractivity contribution in [3.8, 4) is 16.8 Å². The van der Waals surface area contributed by atoms with Crippen LogP contribution in [0.2, 0.25) is 0 Å². The van der Waals surface area contributed by atoms with Crippen LogP contribution in [0.4, 0.5) is 17.1 Å². The Bertz CT molecular complexity index is 2930. The van der Waals surface area contributed by atoms with Gasteiger partial charge >= 0.3 is 0 Å². The molecule has 0 amide bonds. The lowest BCUT2D eigenvalue weighted by Gasteiger charge is -2.34. The molecule has 0 N–H and O–H groups in total. The summed E-state index contributed by atoms with van der Waals surface area (Å²) in [6.45, 7) is 0. The van der Waals surface area contributed by atoms with E-state index in [1.807, 2.05) is 0 Å². The molecule has 2 aliphatic carbocycles. The van der Waals surface area contributed by atoms with E-state index in [0.717, 1.165) is 18.5 Å². The summed E-state index contributed by atoms with van der Waals surface area (Å²) in [7, 11) is 0. The van der Waals surface area contributed by atoms with Crippen molar-refractivity contribution in [3.05, 3.63) is 210 Å². The van der Waals surface area contributed by atoms with Gasteiger partial charge in [-0.1, -0.05) is 133 Å². The lowest BCUT2D eigenvalue weighted by molar-refractivity contribution is 0.352. The van der Waals surface area contributed by atoms with Crippen molar-refractivity contribution >= 4 is 50.2 Å². The van der Waals surface area contributed by atoms with E-state index in [2.05, 4.69) is 198 Å². The smallest absolute Gasteiger partial charge is 0.0675 e. The number of aromatic nitrogens is 1. The topological polar surface area (TPSA) is 20.5 Å². The summed E-state index contributed by atoms with van der Waals surface area (Å²) in [4.78, 5) is 8.02. The van der Waals surface area contributed by atoms with Crippen LogP contribution in [0.15, 0.2) is 193 Å². The summed E-state index contributed by atoms with van der Waals surface area (Å²) in [5.41, 5.74) is 17.6. The van der Waals surface area contributed by atoms with E-state index < -0.39 is 0 Å². The van der Waals surface area contributed by atoms with Gasteiger partial charge in [0.1, 0.15) is 0 Å². The van der Waals surface area contributed by atoms with Crippen LogP contribution < -0.4 is 4.90 Å². The fraction of sp³-hybridized carbons (Fsp3) is 0.113. The van der Waals surface area contributed by atoms with Gasteiger partial charge in [-0.25, -0.2) is 0 Å². The lowest BCUT2D eigenvalue weighted by atomic mass is 9.68. The minimum absolute atomic E-state index is 0.199. The summed E-state index contributed by atoms with van der Waals surface area (Å²) in [6, 6.07) is 62.3. The Morgan fingerprint density at radius 1 is 0.536 bits per heavy atom. The Morgan fingerprint density at radius 2 is 1.23 bits per heavy atom. The van der Waals surface area contributed by atoms with E-state index in [0.29, 0.717) is 11.8 Å². The highest BCUT2D eigenvalue weighted by Crippen LogP contribution is 2.54. The lowest BCUT2D eigenvalue weighted by Crippen LogP contribution is -2.29. The van der Waals surface area contributed by atoms with E-state index in [9.17, 15) is 0 Å². The predicted molar refractivity (Wildman–Crippen MR) is 233 cm³/mol. The molecule has 0 radical (unpaired) electrons. The number of anilines is 2. The van der Waals surface area contributed by atoms with Gasteiger partial charge in [-0.15, -0.1) is 0 Å². The number of hydrogen-bond acceptors (Lipinski definition) is 2. The first-order valence-corrected chi connectivity index (χ1v) is 20.0. The molecule has 0 saturated heterocycles. The van der Waals surface area contributed by atoms with Crippen LogP contribution in [-0.2, 0) is 0 Å². The molecule has 4 heterocycles. The van der Waals surface area contributed by atoms with E-state index in [1.165, 1.54) is 83.5 Å². The molecule has 266 valence electrons. The van der Waals surface area contributed by atoms with Crippen LogP contribution in [0.3, 0.4) is 0 Å². The molecular formula is C53H39N3. The SMILES string of the molecule is C1=CC2C(C=C1c1ccc3c(c1)c1c4c(ccc1n3-c1ccccc1)N=C(c1ccccc1)C1CC4C1)c1ccccc1N2c1cccc(-c2ccccc2)c1. The molecule has 56 heavy (non-hydrogen) atoms. The van der Waals surface area contributed by atoms with Crippen molar-refractivity contribution in [1.82, 2.24) is 4.57 Å². The second-order valence-electron chi connectivity index (χ2n) is 15.9. The van der Waals surface area contributed by atoms with Crippen LogP contribution in [0.1, 0.15) is 46.9 Å². The first-order valence-electron chi connectivity index (χ1n) is 20.0. The molecule has 1 saturated carbocycles. The molecule has 3 nitrogen and oxygen atoms in total. The van der Waals surface area contributed by atoms with Gasteiger partial charge in [0, 0.05) is 39.7 Å². The summed E-state index contributed by atoms with van der Waals surface area (Å²) >= 11 is 0. The molecule has 3 heteroatoms. The van der Waals surface area contributed by atoms with Gasteiger partial charge in [0.15, 0.2) is 0 Å². The highest BCUT2D eigenvalue weighted by atomic mass is 15.2. The number of fused-ring (bicyclic) bond motifs is 6. The normalized spacial score (nSPS) is 20.5. The van der Waals surface area contributed by atoms with Gasteiger partial charge < -0.3 is 9.47 Å². The van der Waals surface area contributed by atoms with Crippen LogP contribution in [0, 0.1) is 5.92 Å². The molecule has 2 bridgehead atoms. The zero-order chi connectivity index (χ0) is 36.7. The molecule has 2 atom stereocenters. The van der Waals surface area contributed by atoms with Crippen LogP contribution in [0.5, 0.6) is 0 Å². The maximum absolute atomic E-state index is 5.48. The maximum atomic E-state index is 5.48. The summed E-state index contributed by atoms with van der Waals surface area (Å²) in [5, 5.41) is 2.67. The van der Waals surface area contributed by atoms with Crippen LogP contribution in [-0.4, -0.2) is 16.3 Å². The molecule has 3 aliphatic heterocycles. The fourth-order valence-corrected chi connectivity index (χ4v) is 10.2. The standard InChI is InChI=1S/C53H39N3/c1-4-13-34(14-5-1)36-17-12-20-42(31-36)56-47-22-11-10-21-43(47)44-32-37(23-26-48(44)56)38-24-27-49-45(33-38)52-50(55(49)41-18-8-3-9-19-41)28-25-46-51(52)39-29-40(30-39)53(54-46)35-15-6-2-7-16-35/h1-28,31-33,39-40,44,48H,29-30H2. The maximum Gasteiger partial charge on any atom is 0.0675 e. The van der Waals surface area contributed by atoms with E-state index >= 15 is 0 Å². The van der Waals surface area contributed by atoms with Crippen LogP contribution >= 0.6 is 0 Å². The molecule has 2 unspecified atom stereocenters. The van der Waals surface area contributed by atoms with E-state index in [4.69, 9.17) is 4.99 Å². The van der Waals surface area contributed by atoms with E-state index in [1.54, 1.807) is 0 Å². The molecule has 1 fully saturated rings. The summed E-state index contributed by atoms with van der Waals surface area (Å²) in [5.74, 6) is 1.24. The monoisotopic (exact) mass is 717 g/mol. The minimum Gasteiger partial charge on any atom is -0.333 e. The van der Waals surface area contributed by atoms with Gasteiger partial charge in [0.25, 0.3) is 0 Å². The average molecular weight is 718 g/mol. The van der Waals surface area contributed by atoms with Crippen molar-refractivity contribution in [1.29, 1.82) is 0 Å². The van der Waals surface area contributed by atoms with Gasteiger partial charge in [-0.2, -0.15) is 0 Å². The van der Waals surface area contributed by atoms with Gasteiger partial charge in [-0.05, 0) is 112 Å². The molecular weight excluding hydrogens is 679 g/mol. The Hall–Kier alpha value is -6.71. The Morgan fingerprint density at radius 3 is 2.05 bits per heavy atom. The quantitative estimate of drug-likeness (QED) is 0.174. The number of rotatable bonds is 5. The Kier molecular flexibility index (Phi) is 7.01. The van der Waals surface area contributed by atoms with Crippen molar-refractivity contribution in [2.45, 2.75) is 30.7 Å². The number of hydrogen-bond donors (Lipinski definition) is 0. The zero-order valence-electron chi connectivity index (χ0n) is 31.0. The van der Waals surface area contributed by atoms with Gasteiger partial charge in [0.05, 0.1) is 28.5 Å². The van der Waals surface area contributed by atoms with Gasteiger partial charge in [-0.3, -0.25) is 4.99 Å². The molecule has 5 aliphatic rings. The molecule has 13 rings (SSSR count). The molecule has 7 aromatic carbocycles. The molecule has 8 aromatic rings. The minimum atomic E-state index is 0.199. The highest BCUT2D eigenvalue weighted by molar-refractivity contribution is 6.15. The Balaban J connectivity index is 0.999. The third-order valence-corrected chi connectivity index (χ3v) is 12.8. The number of nitrogens with zero attached hydrogens (tertiary/aromatic N) is 3. The van der Waals surface area contributed by atoms with Crippen molar-refractivity contribution in [2.24, 2.45) is 10.9 Å². The van der Waals surface area contributed by atoms with Gasteiger partial charge in [0.2, 0.25) is 0 Å². The number of benzene rings is 7.